The molecule has 2 aromatic rings. The Kier molecular flexibility index (Phi) is 7.00. The van der Waals surface area contributed by atoms with Crippen LogP contribution < -0.4 is 5.32 Å². The number of hydrogen-bond donors (Lipinski definition) is 1. The van der Waals surface area contributed by atoms with E-state index in [-0.39, 0.29) is 18.2 Å². The number of morpholine rings is 1. The van der Waals surface area contributed by atoms with Gasteiger partial charge >= 0.3 is 6.03 Å². The third-order valence-electron chi connectivity index (χ3n) is 5.98. The molecule has 6 heteroatoms. The molecule has 2 atom stereocenters. The Bertz CT molecular complexity index is 801. The van der Waals surface area contributed by atoms with E-state index in [1.807, 2.05) is 29.2 Å². The maximum absolute atomic E-state index is 13.0. The van der Waals surface area contributed by atoms with Gasteiger partial charge in [0.25, 0.3) is 0 Å². The second kappa shape index (κ2) is 10.1. The lowest BCUT2D eigenvalue weighted by atomic mass is 10.0. The maximum Gasteiger partial charge on any atom is 0.318 e. The van der Waals surface area contributed by atoms with E-state index >= 15 is 0 Å². The second-order valence-corrected chi connectivity index (χ2v) is 8.28. The topological polar surface area (TPSA) is 48.0 Å². The molecule has 1 N–H and O–H groups in total. The number of carbonyl (C=O) groups excluding carboxylic acids is 1. The number of carbonyl (C=O) groups is 1. The van der Waals surface area contributed by atoms with Gasteiger partial charge in [-0.05, 0) is 18.2 Å². The van der Waals surface area contributed by atoms with Crippen molar-refractivity contribution in [3.05, 3.63) is 71.8 Å². The molecule has 4 rings (SSSR count). The summed E-state index contributed by atoms with van der Waals surface area (Å²) in [5.41, 5.74) is 2.49. The first kappa shape index (κ1) is 20.8. The van der Waals surface area contributed by atoms with Gasteiger partial charge < -0.3 is 19.9 Å². The highest BCUT2D eigenvalue weighted by Crippen LogP contribution is 2.24. The minimum atomic E-state index is 0.000681. The monoisotopic (exact) mass is 408 g/mol. The van der Waals surface area contributed by atoms with Crippen LogP contribution in [0.2, 0.25) is 0 Å². The van der Waals surface area contributed by atoms with E-state index < -0.39 is 0 Å². The van der Waals surface area contributed by atoms with Gasteiger partial charge in [-0.3, -0.25) is 4.90 Å². The summed E-state index contributed by atoms with van der Waals surface area (Å²) < 4.78 is 5.93. The lowest BCUT2D eigenvalue weighted by Gasteiger charge is -2.40. The summed E-state index contributed by atoms with van der Waals surface area (Å²) in [6.45, 7) is 6.39. The number of benzene rings is 2. The Morgan fingerprint density at radius 3 is 2.50 bits per heavy atom. The van der Waals surface area contributed by atoms with Crippen molar-refractivity contribution in [2.75, 3.05) is 52.9 Å². The van der Waals surface area contributed by atoms with Crippen molar-refractivity contribution in [1.29, 1.82) is 0 Å². The molecule has 2 aromatic carbocycles. The van der Waals surface area contributed by atoms with Crippen molar-refractivity contribution in [3.63, 3.8) is 0 Å². The van der Waals surface area contributed by atoms with Crippen molar-refractivity contribution in [3.8, 4) is 0 Å². The van der Waals surface area contributed by atoms with Gasteiger partial charge in [-0.1, -0.05) is 60.7 Å². The molecule has 2 aliphatic heterocycles. The highest BCUT2D eigenvalue weighted by molar-refractivity contribution is 5.75. The van der Waals surface area contributed by atoms with Crippen LogP contribution in [0.1, 0.15) is 17.2 Å². The zero-order valence-corrected chi connectivity index (χ0v) is 17.7. The lowest BCUT2D eigenvalue weighted by Crippen LogP contribution is -2.54. The predicted octanol–water partition coefficient (Wildman–Crippen LogP) is 2.59. The summed E-state index contributed by atoms with van der Waals surface area (Å²) in [7, 11) is 2.11. The zero-order chi connectivity index (χ0) is 20.8. The molecule has 6 nitrogen and oxygen atoms in total. The van der Waals surface area contributed by atoms with Gasteiger partial charge in [0.1, 0.15) is 0 Å². The number of likely N-dealkylation sites (N-methyl/N-ethyl adjacent to an activating group) is 1. The quantitative estimate of drug-likeness (QED) is 0.826. The highest BCUT2D eigenvalue weighted by Gasteiger charge is 2.31. The molecule has 0 aromatic heterocycles. The van der Waals surface area contributed by atoms with E-state index in [1.54, 1.807) is 0 Å². The molecule has 30 heavy (non-hydrogen) atoms. The van der Waals surface area contributed by atoms with Gasteiger partial charge in [0.05, 0.1) is 18.8 Å². The molecule has 0 bridgehead atoms. The number of rotatable bonds is 5. The summed E-state index contributed by atoms with van der Waals surface area (Å²) in [4.78, 5) is 19.7. The van der Waals surface area contributed by atoms with Crippen molar-refractivity contribution in [2.45, 2.75) is 18.7 Å². The van der Waals surface area contributed by atoms with Gasteiger partial charge in [-0.2, -0.15) is 0 Å². The zero-order valence-electron chi connectivity index (χ0n) is 17.7. The molecule has 0 saturated carbocycles. The lowest BCUT2D eigenvalue weighted by molar-refractivity contribution is -0.0294. The fraction of sp³-hybridized carbons (Fsp3) is 0.458. The molecule has 2 heterocycles. The third kappa shape index (κ3) is 5.39. The Morgan fingerprint density at radius 2 is 1.73 bits per heavy atom. The van der Waals surface area contributed by atoms with Crippen LogP contribution in [-0.4, -0.2) is 79.8 Å². The van der Waals surface area contributed by atoms with Crippen LogP contribution in [0.25, 0.3) is 0 Å². The average molecular weight is 409 g/mol. The fourth-order valence-electron chi connectivity index (χ4n) is 4.31. The molecule has 2 unspecified atom stereocenters. The Hall–Kier alpha value is -2.41. The summed E-state index contributed by atoms with van der Waals surface area (Å²) in [6.07, 6.45) is 0.0223. The molecule has 0 spiro atoms. The van der Waals surface area contributed by atoms with Crippen LogP contribution in [0.4, 0.5) is 4.79 Å². The van der Waals surface area contributed by atoms with Crippen LogP contribution in [0.5, 0.6) is 0 Å². The first-order chi connectivity index (χ1) is 14.7. The molecule has 2 amide bonds. The standard InChI is InChI=1S/C24H32N4O2/c1-26-12-13-28(23(19-26)21-10-6-3-7-11-21)24(29)25-16-22-18-27(14-15-30-22)17-20-8-4-2-5-9-20/h2-11,22-23H,12-19H2,1H3,(H,25,29). The second-order valence-electron chi connectivity index (χ2n) is 8.28. The number of hydrogen-bond acceptors (Lipinski definition) is 4. The largest absolute Gasteiger partial charge is 0.374 e. The van der Waals surface area contributed by atoms with E-state index in [0.717, 1.165) is 39.3 Å². The molecule has 2 saturated heterocycles. The minimum absolute atomic E-state index is 0.000681. The van der Waals surface area contributed by atoms with Gasteiger partial charge in [-0.15, -0.1) is 0 Å². The van der Waals surface area contributed by atoms with Crippen molar-refractivity contribution in [2.24, 2.45) is 0 Å². The number of piperazine rings is 1. The number of ether oxygens (including phenoxy) is 1. The summed E-state index contributed by atoms with van der Waals surface area (Å²) in [5, 5.41) is 3.14. The Labute approximate surface area is 179 Å². The van der Waals surface area contributed by atoms with Crippen LogP contribution in [0.3, 0.4) is 0 Å². The molecule has 0 radical (unpaired) electrons. The SMILES string of the molecule is CN1CCN(C(=O)NCC2CN(Cc3ccccc3)CCO2)C(c2ccccc2)C1. The normalized spacial score (nSPS) is 23.3. The fourth-order valence-corrected chi connectivity index (χ4v) is 4.31. The average Bonchev–Trinajstić information content (AvgIpc) is 2.79. The van der Waals surface area contributed by atoms with Gasteiger partial charge in [0.2, 0.25) is 0 Å². The van der Waals surface area contributed by atoms with E-state index in [2.05, 4.69) is 58.6 Å². The molecular weight excluding hydrogens is 376 g/mol. The van der Waals surface area contributed by atoms with Gasteiger partial charge in [-0.25, -0.2) is 4.79 Å². The van der Waals surface area contributed by atoms with Crippen molar-refractivity contribution < 1.29 is 9.53 Å². The maximum atomic E-state index is 13.0. The number of nitrogens with zero attached hydrogens (tertiary/aromatic N) is 3. The van der Waals surface area contributed by atoms with E-state index in [0.29, 0.717) is 13.2 Å². The van der Waals surface area contributed by atoms with Crippen LogP contribution in [0, 0.1) is 0 Å². The minimum Gasteiger partial charge on any atom is -0.374 e. The Morgan fingerprint density at radius 1 is 1.00 bits per heavy atom. The summed E-state index contributed by atoms with van der Waals surface area (Å²) >= 11 is 0. The molecular formula is C24H32N4O2. The number of amides is 2. The summed E-state index contributed by atoms with van der Waals surface area (Å²) in [5.74, 6) is 0. The molecule has 160 valence electrons. The first-order valence-electron chi connectivity index (χ1n) is 10.8. The first-order valence-corrected chi connectivity index (χ1v) is 10.8. The van der Waals surface area contributed by atoms with Crippen LogP contribution in [0.15, 0.2) is 60.7 Å². The number of nitrogens with one attached hydrogen (secondary N) is 1. The Balaban J connectivity index is 1.31. The van der Waals surface area contributed by atoms with Crippen LogP contribution in [-0.2, 0) is 11.3 Å². The molecule has 2 aliphatic rings. The molecule has 0 aliphatic carbocycles. The van der Waals surface area contributed by atoms with E-state index in [4.69, 9.17) is 4.74 Å². The molecule has 2 fully saturated rings. The van der Waals surface area contributed by atoms with E-state index in [9.17, 15) is 4.79 Å². The van der Waals surface area contributed by atoms with Crippen molar-refractivity contribution in [1.82, 2.24) is 20.0 Å². The number of urea groups is 1. The van der Waals surface area contributed by atoms with Crippen molar-refractivity contribution >= 4 is 6.03 Å². The van der Waals surface area contributed by atoms with Gasteiger partial charge in [0.15, 0.2) is 0 Å². The van der Waals surface area contributed by atoms with Crippen LogP contribution >= 0.6 is 0 Å². The summed E-state index contributed by atoms with van der Waals surface area (Å²) in [6, 6.07) is 20.9. The smallest absolute Gasteiger partial charge is 0.318 e. The highest BCUT2D eigenvalue weighted by atomic mass is 16.5. The van der Waals surface area contributed by atoms with Gasteiger partial charge in [0, 0.05) is 45.8 Å². The third-order valence-corrected chi connectivity index (χ3v) is 5.98. The van der Waals surface area contributed by atoms with E-state index in [1.165, 1.54) is 11.1 Å². The predicted molar refractivity (Wildman–Crippen MR) is 118 cm³/mol.